The average molecular weight is 409 g/mol. The summed E-state index contributed by atoms with van der Waals surface area (Å²) in [5.41, 5.74) is 4.73. The minimum absolute atomic E-state index is 0.0776. The number of rotatable bonds is 2. The van der Waals surface area contributed by atoms with Crippen LogP contribution in [0.3, 0.4) is 0 Å². The Balaban J connectivity index is 1.40. The Morgan fingerprint density at radius 3 is 2.55 bits per heavy atom. The molecular formula is C25H19N3O3. The van der Waals surface area contributed by atoms with Gasteiger partial charge in [0.1, 0.15) is 19.0 Å². The van der Waals surface area contributed by atoms with Crippen LogP contribution in [0.15, 0.2) is 71.8 Å². The molecule has 0 aliphatic carbocycles. The van der Waals surface area contributed by atoms with Gasteiger partial charge in [0.05, 0.1) is 23.4 Å². The summed E-state index contributed by atoms with van der Waals surface area (Å²) < 4.78 is 17.8. The van der Waals surface area contributed by atoms with Gasteiger partial charge in [0.2, 0.25) is 6.23 Å². The molecule has 6 heteroatoms. The number of ether oxygens (including phenoxy) is 3. The van der Waals surface area contributed by atoms with Crippen LogP contribution in [0.1, 0.15) is 40.9 Å². The number of hydrogen-bond acceptors (Lipinski definition) is 6. The summed E-state index contributed by atoms with van der Waals surface area (Å²) in [6.45, 7) is 1.13. The number of nitriles is 1. The van der Waals surface area contributed by atoms with Crippen LogP contribution in [0.4, 0.5) is 0 Å². The van der Waals surface area contributed by atoms with Crippen LogP contribution in [0.2, 0.25) is 0 Å². The van der Waals surface area contributed by atoms with E-state index in [0.29, 0.717) is 18.8 Å². The van der Waals surface area contributed by atoms with Crippen molar-refractivity contribution in [2.24, 2.45) is 5.10 Å². The molecule has 0 saturated carbocycles. The van der Waals surface area contributed by atoms with Crippen LogP contribution in [0.5, 0.6) is 17.2 Å². The highest BCUT2D eigenvalue weighted by Crippen LogP contribution is 2.47. The molecule has 0 unspecified atom stereocenters. The molecule has 0 N–H and O–H groups in total. The van der Waals surface area contributed by atoms with E-state index in [-0.39, 0.29) is 12.3 Å². The van der Waals surface area contributed by atoms with E-state index in [1.54, 1.807) is 0 Å². The highest BCUT2D eigenvalue weighted by molar-refractivity contribution is 6.02. The predicted octanol–water partition coefficient (Wildman–Crippen LogP) is 4.57. The largest absolute Gasteiger partial charge is 0.486 e. The van der Waals surface area contributed by atoms with Crippen molar-refractivity contribution in [3.8, 4) is 23.3 Å². The molecule has 3 aromatic rings. The van der Waals surface area contributed by atoms with Crippen LogP contribution >= 0.6 is 0 Å². The first kappa shape index (κ1) is 17.8. The number of hydrazone groups is 1. The molecule has 3 heterocycles. The third kappa shape index (κ3) is 2.98. The molecule has 3 aliphatic heterocycles. The maximum Gasteiger partial charge on any atom is 0.213 e. The molecule has 31 heavy (non-hydrogen) atoms. The van der Waals surface area contributed by atoms with Crippen molar-refractivity contribution in [3.05, 3.63) is 89.0 Å². The standard InChI is InChI=1S/C25H19N3O3/c26-15-16-5-7-17(8-6-16)25-28-21(19-3-1-2-4-22(19)31-25)14-20(27-28)18-9-10-23-24(13-18)30-12-11-29-23/h1-10,13,21,25H,11-12,14H2/t21-,25-/m1/s1. The van der Waals surface area contributed by atoms with Crippen molar-refractivity contribution >= 4 is 5.71 Å². The van der Waals surface area contributed by atoms with Gasteiger partial charge in [-0.2, -0.15) is 10.4 Å². The van der Waals surface area contributed by atoms with E-state index in [1.165, 1.54) is 0 Å². The molecule has 0 spiro atoms. The first-order valence-corrected chi connectivity index (χ1v) is 10.3. The van der Waals surface area contributed by atoms with Gasteiger partial charge in [0, 0.05) is 23.1 Å². The van der Waals surface area contributed by atoms with Gasteiger partial charge in [-0.1, -0.05) is 30.3 Å². The van der Waals surface area contributed by atoms with E-state index < -0.39 is 0 Å². The predicted molar refractivity (Wildman–Crippen MR) is 114 cm³/mol. The van der Waals surface area contributed by atoms with Crippen LogP contribution in [0.25, 0.3) is 0 Å². The molecule has 0 bridgehead atoms. The molecule has 3 aromatic carbocycles. The fraction of sp³-hybridized carbons (Fsp3) is 0.200. The first-order chi connectivity index (χ1) is 15.3. The highest BCUT2D eigenvalue weighted by Gasteiger charge is 2.41. The van der Waals surface area contributed by atoms with Crippen LogP contribution in [-0.4, -0.2) is 23.9 Å². The number of nitrogens with zero attached hydrogens (tertiary/aromatic N) is 3. The lowest BCUT2D eigenvalue weighted by Gasteiger charge is -2.38. The summed E-state index contributed by atoms with van der Waals surface area (Å²) in [6, 6.07) is 23.9. The number of para-hydroxylation sites is 1. The quantitative estimate of drug-likeness (QED) is 0.620. The normalized spacial score (nSPS) is 20.7. The summed E-state index contributed by atoms with van der Waals surface area (Å²) in [5, 5.41) is 16.2. The molecular weight excluding hydrogens is 390 g/mol. The van der Waals surface area contributed by atoms with Gasteiger partial charge >= 0.3 is 0 Å². The lowest BCUT2D eigenvalue weighted by atomic mass is 9.95. The summed E-state index contributed by atoms with van der Waals surface area (Å²) >= 11 is 0. The minimum Gasteiger partial charge on any atom is -0.486 e. The van der Waals surface area contributed by atoms with E-state index in [9.17, 15) is 0 Å². The molecule has 2 atom stereocenters. The van der Waals surface area contributed by atoms with Gasteiger partial charge in [0.25, 0.3) is 0 Å². The van der Waals surface area contributed by atoms with Gasteiger partial charge < -0.3 is 14.2 Å². The van der Waals surface area contributed by atoms with Gasteiger partial charge in [-0.3, -0.25) is 0 Å². The molecule has 0 amide bonds. The highest BCUT2D eigenvalue weighted by atomic mass is 16.6. The lowest BCUT2D eigenvalue weighted by molar-refractivity contribution is -0.0190. The summed E-state index contributed by atoms with van der Waals surface area (Å²) in [6.07, 6.45) is 0.412. The van der Waals surface area contributed by atoms with Crippen molar-refractivity contribution in [2.75, 3.05) is 13.2 Å². The Bertz CT molecular complexity index is 1230. The maximum absolute atomic E-state index is 9.13. The molecule has 0 aromatic heterocycles. The molecule has 3 aliphatic rings. The third-order valence-electron chi connectivity index (χ3n) is 5.90. The van der Waals surface area contributed by atoms with E-state index in [4.69, 9.17) is 24.6 Å². The summed E-state index contributed by atoms with van der Waals surface area (Å²) in [7, 11) is 0. The van der Waals surface area contributed by atoms with E-state index >= 15 is 0 Å². The van der Waals surface area contributed by atoms with E-state index in [0.717, 1.165) is 46.1 Å². The lowest BCUT2D eigenvalue weighted by Crippen LogP contribution is -2.33. The monoisotopic (exact) mass is 409 g/mol. The Morgan fingerprint density at radius 2 is 1.71 bits per heavy atom. The second kappa shape index (κ2) is 7.06. The van der Waals surface area contributed by atoms with Crippen molar-refractivity contribution in [2.45, 2.75) is 18.7 Å². The molecule has 0 saturated heterocycles. The average Bonchev–Trinajstić information content (AvgIpc) is 3.29. The Morgan fingerprint density at radius 1 is 0.903 bits per heavy atom. The van der Waals surface area contributed by atoms with Crippen molar-refractivity contribution in [1.82, 2.24) is 5.01 Å². The van der Waals surface area contributed by atoms with Crippen LogP contribution in [0, 0.1) is 11.3 Å². The third-order valence-corrected chi connectivity index (χ3v) is 5.90. The molecule has 6 nitrogen and oxygen atoms in total. The van der Waals surface area contributed by atoms with Crippen molar-refractivity contribution < 1.29 is 14.2 Å². The Labute approximate surface area is 179 Å². The fourth-order valence-electron chi connectivity index (χ4n) is 4.37. The smallest absolute Gasteiger partial charge is 0.213 e. The first-order valence-electron chi connectivity index (χ1n) is 10.3. The zero-order valence-corrected chi connectivity index (χ0v) is 16.7. The number of benzene rings is 3. The van der Waals surface area contributed by atoms with Crippen molar-refractivity contribution in [1.29, 1.82) is 5.26 Å². The number of hydrogen-bond donors (Lipinski definition) is 0. The minimum atomic E-state index is -0.359. The van der Waals surface area contributed by atoms with Crippen LogP contribution < -0.4 is 14.2 Å². The van der Waals surface area contributed by atoms with Crippen molar-refractivity contribution in [3.63, 3.8) is 0 Å². The SMILES string of the molecule is N#Cc1ccc([C@H]2Oc3ccccc3[C@H]3CC(c4ccc5c(c4)OCCO5)=NN32)cc1. The molecule has 0 fully saturated rings. The topological polar surface area (TPSA) is 67.1 Å². The number of fused-ring (bicyclic) bond motifs is 4. The van der Waals surface area contributed by atoms with Gasteiger partial charge in [-0.15, -0.1) is 0 Å². The summed E-state index contributed by atoms with van der Waals surface area (Å²) in [5.74, 6) is 2.41. The van der Waals surface area contributed by atoms with Gasteiger partial charge in [-0.25, -0.2) is 5.01 Å². The van der Waals surface area contributed by atoms with Gasteiger partial charge in [-0.05, 0) is 36.4 Å². The Kier molecular flexibility index (Phi) is 4.07. The molecule has 152 valence electrons. The van der Waals surface area contributed by atoms with Crippen LogP contribution in [-0.2, 0) is 0 Å². The van der Waals surface area contributed by atoms with Gasteiger partial charge in [0.15, 0.2) is 11.5 Å². The second-order valence-electron chi connectivity index (χ2n) is 7.75. The fourth-order valence-corrected chi connectivity index (χ4v) is 4.37. The zero-order valence-electron chi connectivity index (χ0n) is 16.7. The van der Waals surface area contributed by atoms with E-state index in [2.05, 4.69) is 12.1 Å². The molecule has 0 radical (unpaired) electrons. The van der Waals surface area contributed by atoms with E-state index in [1.807, 2.05) is 65.7 Å². The zero-order chi connectivity index (χ0) is 20.8. The molecule has 6 rings (SSSR count). The maximum atomic E-state index is 9.13. The second-order valence-corrected chi connectivity index (χ2v) is 7.75. The Hall–Kier alpha value is -3.98. The summed E-state index contributed by atoms with van der Waals surface area (Å²) in [4.78, 5) is 0.